The van der Waals surface area contributed by atoms with Crippen molar-refractivity contribution in [2.45, 2.75) is 20.3 Å². The fourth-order valence-corrected chi connectivity index (χ4v) is 1.42. The molecule has 0 radical (unpaired) electrons. The second-order valence-corrected chi connectivity index (χ2v) is 3.59. The number of non-ortho nitro benzene ring substituents is 1. The van der Waals surface area contributed by atoms with Crippen LogP contribution in [0.3, 0.4) is 0 Å². The summed E-state index contributed by atoms with van der Waals surface area (Å²) in [4.78, 5) is 21.6. The smallest absolute Gasteiger partial charge is 0.333 e. The summed E-state index contributed by atoms with van der Waals surface area (Å²) in [6, 6.07) is 6.02. The van der Waals surface area contributed by atoms with Gasteiger partial charge < -0.3 is 4.74 Å². The topological polar surface area (TPSA) is 69.4 Å². The summed E-state index contributed by atoms with van der Waals surface area (Å²) in [5, 5.41) is 10.5. The predicted octanol–water partition coefficient (Wildman–Crippen LogP) is 2.95. The summed E-state index contributed by atoms with van der Waals surface area (Å²) in [5.74, 6) is -0.349. The van der Waals surface area contributed by atoms with Crippen LogP contribution in [0.2, 0.25) is 0 Å². The summed E-state index contributed by atoms with van der Waals surface area (Å²) in [6.45, 7) is 3.93. The Morgan fingerprint density at radius 1 is 1.33 bits per heavy atom. The molecule has 0 saturated heterocycles. The number of nitro groups is 1. The molecule has 0 aliphatic heterocycles. The Balaban J connectivity index is 2.92. The molecule has 0 fully saturated rings. The molecule has 5 nitrogen and oxygen atoms in total. The van der Waals surface area contributed by atoms with Gasteiger partial charge in [-0.2, -0.15) is 0 Å². The highest BCUT2D eigenvalue weighted by molar-refractivity contribution is 5.93. The minimum atomic E-state index is -0.459. The average molecular weight is 249 g/mol. The van der Waals surface area contributed by atoms with Gasteiger partial charge in [0.2, 0.25) is 0 Å². The molecule has 18 heavy (non-hydrogen) atoms. The van der Waals surface area contributed by atoms with Crippen molar-refractivity contribution in [2.24, 2.45) is 0 Å². The zero-order chi connectivity index (χ0) is 13.5. The molecule has 5 heteroatoms. The second kappa shape index (κ2) is 6.54. The van der Waals surface area contributed by atoms with Gasteiger partial charge in [-0.05, 0) is 37.1 Å². The molecule has 0 amide bonds. The van der Waals surface area contributed by atoms with Gasteiger partial charge in [0, 0.05) is 17.7 Å². The van der Waals surface area contributed by atoms with Gasteiger partial charge in [0.1, 0.15) is 0 Å². The lowest BCUT2D eigenvalue weighted by Crippen LogP contribution is -2.06. The standard InChI is InChI=1S/C13H15NO4/c1-3-11(13(15)18-4-2)9-10-5-7-12(8-6-10)14(16)17/h5-9H,3-4H2,1-2H3. The van der Waals surface area contributed by atoms with Crippen LogP contribution in [0.1, 0.15) is 25.8 Å². The van der Waals surface area contributed by atoms with Crippen molar-refractivity contribution < 1.29 is 14.5 Å². The van der Waals surface area contributed by atoms with Crippen molar-refractivity contribution in [3.63, 3.8) is 0 Å². The number of nitrogens with zero attached hydrogens (tertiary/aromatic N) is 1. The molecule has 0 aromatic heterocycles. The first-order chi connectivity index (χ1) is 8.58. The van der Waals surface area contributed by atoms with Crippen molar-refractivity contribution in [1.82, 2.24) is 0 Å². The SMILES string of the molecule is CCOC(=O)C(=Cc1ccc([N+](=O)[O-])cc1)CC. The maximum Gasteiger partial charge on any atom is 0.333 e. The van der Waals surface area contributed by atoms with E-state index in [4.69, 9.17) is 4.74 Å². The van der Waals surface area contributed by atoms with Gasteiger partial charge in [-0.3, -0.25) is 10.1 Å². The second-order valence-electron chi connectivity index (χ2n) is 3.59. The lowest BCUT2D eigenvalue weighted by atomic mass is 10.1. The quantitative estimate of drug-likeness (QED) is 0.348. The molecule has 0 spiro atoms. The Morgan fingerprint density at radius 2 is 1.94 bits per heavy atom. The maximum atomic E-state index is 11.6. The van der Waals surface area contributed by atoms with Gasteiger partial charge in [-0.1, -0.05) is 6.92 Å². The Bertz CT molecular complexity index is 462. The van der Waals surface area contributed by atoms with E-state index in [0.29, 0.717) is 18.6 Å². The number of ether oxygens (including phenoxy) is 1. The minimum absolute atomic E-state index is 0.0290. The van der Waals surface area contributed by atoms with Crippen LogP contribution in [0.15, 0.2) is 29.8 Å². The number of benzene rings is 1. The fourth-order valence-electron chi connectivity index (χ4n) is 1.42. The molecular formula is C13H15NO4. The van der Waals surface area contributed by atoms with E-state index in [1.807, 2.05) is 6.92 Å². The van der Waals surface area contributed by atoms with Crippen LogP contribution in [-0.4, -0.2) is 17.5 Å². The monoisotopic (exact) mass is 249 g/mol. The van der Waals surface area contributed by atoms with E-state index in [1.165, 1.54) is 12.1 Å². The van der Waals surface area contributed by atoms with Crippen LogP contribution in [0.4, 0.5) is 5.69 Å². The largest absolute Gasteiger partial charge is 0.463 e. The van der Waals surface area contributed by atoms with Crippen LogP contribution in [0.25, 0.3) is 6.08 Å². The summed E-state index contributed by atoms with van der Waals surface area (Å²) in [5.41, 5.74) is 1.32. The Hall–Kier alpha value is -2.17. The highest BCUT2D eigenvalue weighted by Gasteiger charge is 2.09. The zero-order valence-corrected chi connectivity index (χ0v) is 10.4. The van der Waals surface area contributed by atoms with E-state index in [0.717, 1.165) is 5.56 Å². The summed E-state index contributed by atoms with van der Waals surface area (Å²) in [6.07, 6.45) is 2.23. The lowest BCUT2D eigenvalue weighted by Gasteiger charge is -2.04. The van der Waals surface area contributed by atoms with Crippen molar-refractivity contribution in [3.8, 4) is 0 Å². The lowest BCUT2D eigenvalue weighted by molar-refractivity contribution is -0.384. The molecule has 1 aromatic rings. The molecule has 0 bridgehead atoms. The van der Waals surface area contributed by atoms with Crippen LogP contribution < -0.4 is 0 Å². The first-order valence-corrected chi connectivity index (χ1v) is 5.70. The van der Waals surface area contributed by atoms with E-state index in [-0.39, 0.29) is 11.7 Å². The fraction of sp³-hybridized carbons (Fsp3) is 0.308. The molecule has 0 aliphatic rings. The van der Waals surface area contributed by atoms with Crippen molar-refractivity contribution in [1.29, 1.82) is 0 Å². The third-order valence-corrected chi connectivity index (χ3v) is 2.36. The number of carbonyl (C=O) groups excluding carboxylic acids is 1. The molecule has 1 rings (SSSR count). The predicted molar refractivity (Wildman–Crippen MR) is 68.0 cm³/mol. The number of hydrogen-bond donors (Lipinski definition) is 0. The van der Waals surface area contributed by atoms with Crippen LogP contribution in [0, 0.1) is 10.1 Å². The number of nitro benzene ring substituents is 1. The molecule has 0 heterocycles. The summed E-state index contributed by atoms with van der Waals surface area (Å²) >= 11 is 0. The minimum Gasteiger partial charge on any atom is -0.463 e. The Kier molecular flexibility index (Phi) is 5.05. The number of carbonyl (C=O) groups is 1. The van der Waals surface area contributed by atoms with Gasteiger partial charge in [0.05, 0.1) is 11.5 Å². The van der Waals surface area contributed by atoms with Gasteiger partial charge in [-0.25, -0.2) is 4.79 Å². The molecule has 96 valence electrons. The van der Waals surface area contributed by atoms with Crippen LogP contribution >= 0.6 is 0 Å². The van der Waals surface area contributed by atoms with Gasteiger partial charge >= 0.3 is 5.97 Å². The highest BCUT2D eigenvalue weighted by atomic mass is 16.6. The van der Waals surface area contributed by atoms with Gasteiger partial charge in [0.15, 0.2) is 0 Å². The van der Waals surface area contributed by atoms with E-state index < -0.39 is 4.92 Å². The van der Waals surface area contributed by atoms with E-state index in [1.54, 1.807) is 25.1 Å². The van der Waals surface area contributed by atoms with Gasteiger partial charge in [0.25, 0.3) is 5.69 Å². The highest BCUT2D eigenvalue weighted by Crippen LogP contribution is 2.16. The number of esters is 1. The Labute approximate surface area is 105 Å². The zero-order valence-electron chi connectivity index (χ0n) is 10.4. The molecule has 0 saturated carbocycles. The maximum absolute atomic E-state index is 11.6. The molecule has 0 aliphatic carbocycles. The molecule has 0 unspecified atom stereocenters. The molecule has 1 aromatic carbocycles. The number of rotatable bonds is 5. The third kappa shape index (κ3) is 3.69. The summed E-state index contributed by atoms with van der Waals surface area (Å²) < 4.78 is 4.91. The van der Waals surface area contributed by atoms with Crippen LogP contribution in [-0.2, 0) is 9.53 Å². The first kappa shape index (κ1) is 13.9. The van der Waals surface area contributed by atoms with Crippen molar-refractivity contribution >= 4 is 17.7 Å². The molecule has 0 N–H and O–H groups in total. The normalized spacial score (nSPS) is 11.1. The number of hydrogen-bond acceptors (Lipinski definition) is 4. The molecular weight excluding hydrogens is 234 g/mol. The average Bonchev–Trinajstić information content (AvgIpc) is 2.36. The summed E-state index contributed by atoms with van der Waals surface area (Å²) in [7, 11) is 0. The van der Waals surface area contributed by atoms with E-state index in [9.17, 15) is 14.9 Å². The van der Waals surface area contributed by atoms with Crippen molar-refractivity contribution in [3.05, 3.63) is 45.5 Å². The van der Waals surface area contributed by atoms with Gasteiger partial charge in [-0.15, -0.1) is 0 Å². The van der Waals surface area contributed by atoms with E-state index in [2.05, 4.69) is 0 Å². The van der Waals surface area contributed by atoms with Crippen molar-refractivity contribution in [2.75, 3.05) is 6.61 Å². The molecule has 0 atom stereocenters. The first-order valence-electron chi connectivity index (χ1n) is 5.70. The Morgan fingerprint density at radius 3 is 2.39 bits per heavy atom. The van der Waals surface area contributed by atoms with E-state index >= 15 is 0 Å². The van der Waals surface area contributed by atoms with Crippen LogP contribution in [0.5, 0.6) is 0 Å². The third-order valence-electron chi connectivity index (χ3n) is 2.36.